The van der Waals surface area contributed by atoms with Crippen LogP contribution in [0.2, 0.25) is 0 Å². The first-order chi connectivity index (χ1) is 9.64. The third kappa shape index (κ3) is 3.18. The number of rotatable bonds is 3. The van der Waals surface area contributed by atoms with Gasteiger partial charge in [-0.25, -0.2) is 4.98 Å². The lowest BCUT2D eigenvalue weighted by atomic mass is 9.76. The minimum Gasteiger partial charge on any atom is -0.353 e. The molecular weight excluding hydrogens is 246 g/mol. The van der Waals surface area contributed by atoms with Gasteiger partial charge in [0.15, 0.2) is 0 Å². The lowest BCUT2D eigenvalue weighted by Crippen LogP contribution is -2.31. The van der Waals surface area contributed by atoms with E-state index in [-0.39, 0.29) is 0 Å². The molecular formula is C17H29N3. The van der Waals surface area contributed by atoms with Gasteiger partial charge in [-0.3, -0.25) is 0 Å². The molecule has 3 nitrogen and oxygen atoms in total. The van der Waals surface area contributed by atoms with E-state index in [1.807, 2.05) is 6.20 Å². The molecule has 1 aromatic heterocycles. The molecule has 2 aliphatic carbocycles. The van der Waals surface area contributed by atoms with Gasteiger partial charge >= 0.3 is 0 Å². The van der Waals surface area contributed by atoms with E-state index in [0.717, 1.165) is 5.95 Å². The fraction of sp³-hybridized carbons (Fsp3) is 0.824. The molecule has 20 heavy (non-hydrogen) atoms. The number of hydrogen-bond acceptors (Lipinski definition) is 2. The summed E-state index contributed by atoms with van der Waals surface area (Å²) in [4.78, 5) is 4.57. The molecule has 0 aliphatic heterocycles. The molecule has 112 valence electrons. The molecule has 3 rings (SSSR count). The second-order valence-corrected chi connectivity index (χ2v) is 7.53. The summed E-state index contributed by atoms with van der Waals surface area (Å²) in [6.07, 6.45) is 16.2. The zero-order chi connectivity index (χ0) is 14.0. The average Bonchev–Trinajstić information content (AvgIpc) is 2.90. The smallest absolute Gasteiger partial charge is 0.203 e. The van der Waals surface area contributed by atoms with Crippen molar-refractivity contribution < 1.29 is 0 Å². The highest BCUT2D eigenvalue weighted by Crippen LogP contribution is 2.36. The van der Waals surface area contributed by atoms with Crippen LogP contribution in [-0.2, 0) is 0 Å². The highest BCUT2D eigenvalue weighted by Gasteiger charge is 2.27. The lowest BCUT2D eigenvalue weighted by Gasteiger charge is -2.35. The van der Waals surface area contributed by atoms with E-state index in [9.17, 15) is 0 Å². The van der Waals surface area contributed by atoms with Gasteiger partial charge in [0, 0.05) is 24.5 Å². The van der Waals surface area contributed by atoms with Crippen LogP contribution in [-0.4, -0.2) is 15.6 Å². The van der Waals surface area contributed by atoms with Gasteiger partial charge in [-0.15, -0.1) is 0 Å². The number of hydrogen-bond donors (Lipinski definition) is 1. The van der Waals surface area contributed by atoms with Crippen LogP contribution in [0.25, 0.3) is 0 Å². The molecule has 2 aliphatic rings. The van der Waals surface area contributed by atoms with Crippen molar-refractivity contribution in [2.45, 2.75) is 83.7 Å². The fourth-order valence-corrected chi connectivity index (χ4v) is 3.80. The van der Waals surface area contributed by atoms with E-state index in [2.05, 4.69) is 34.9 Å². The molecule has 0 saturated heterocycles. The van der Waals surface area contributed by atoms with Gasteiger partial charge in [-0.05, 0) is 43.9 Å². The molecule has 0 amide bonds. The normalized spacial score (nSPS) is 24.7. The first kappa shape index (κ1) is 14.0. The van der Waals surface area contributed by atoms with Crippen LogP contribution in [0, 0.1) is 5.41 Å². The van der Waals surface area contributed by atoms with Crippen molar-refractivity contribution in [2.24, 2.45) is 5.41 Å². The van der Waals surface area contributed by atoms with E-state index in [1.165, 1.54) is 57.8 Å². The summed E-state index contributed by atoms with van der Waals surface area (Å²) in [5, 5.41) is 3.72. The Morgan fingerprint density at radius 3 is 2.50 bits per heavy atom. The summed E-state index contributed by atoms with van der Waals surface area (Å²) in [6, 6.07) is 1.29. The Bertz CT molecular complexity index is 419. The number of aromatic nitrogens is 2. The Kier molecular flexibility index (Phi) is 4.04. The minimum atomic E-state index is 0.539. The zero-order valence-electron chi connectivity index (χ0n) is 13.1. The molecule has 1 heterocycles. The number of imidazole rings is 1. The Balaban J connectivity index is 1.62. The van der Waals surface area contributed by atoms with Crippen molar-refractivity contribution >= 4 is 5.95 Å². The maximum Gasteiger partial charge on any atom is 0.203 e. The number of nitrogens with zero attached hydrogens (tertiary/aromatic N) is 2. The van der Waals surface area contributed by atoms with Crippen LogP contribution in [0.4, 0.5) is 5.95 Å². The summed E-state index contributed by atoms with van der Waals surface area (Å²) in [5.74, 6) is 1.11. The Morgan fingerprint density at radius 1 is 1.10 bits per heavy atom. The van der Waals surface area contributed by atoms with Crippen molar-refractivity contribution in [1.82, 2.24) is 9.55 Å². The maximum atomic E-state index is 4.57. The lowest BCUT2D eigenvalue weighted by molar-refractivity contribution is 0.231. The Morgan fingerprint density at radius 2 is 1.80 bits per heavy atom. The molecule has 0 radical (unpaired) electrons. The highest BCUT2D eigenvalue weighted by atomic mass is 15.2. The first-order valence-corrected chi connectivity index (χ1v) is 8.43. The first-order valence-electron chi connectivity index (χ1n) is 8.43. The Labute approximate surface area is 123 Å². The maximum absolute atomic E-state index is 4.57. The molecule has 0 atom stereocenters. The van der Waals surface area contributed by atoms with Gasteiger partial charge in [0.1, 0.15) is 0 Å². The topological polar surface area (TPSA) is 29.9 Å². The van der Waals surface area contributed by atoms with Crippen LogP contribution in [0.1, 0.15) is 77.7 Å². The van der Waals surface area contributed by atoms with Crippen LogP contribution >= 0.6 is 0 Å². The summed E-state index contributed by atoms with van der Waals surface area (Å²) < 4.78 is 2.40. The Hall–Kier alpha value is -0.990. The molecule has 3 heteroatoms. The van der Waals surface area contributed by atoms with Crippen molar-refractivity contribution in [3.63, 3.8) is 0 Å². The quantitative estimate of drug-likeness (QED) is 0.861. The molecule has 0 spiro atoms. The van der Waals surface area contributed by atoms with E-state index < -0.39 is 0 Å². The van der Waals surface area contributed by atoms with E-state index in [4.69, 9.17) is 0 Å². The molecule has 0 aromatic carbocycles. The van der Waals surface area contributed by atoms with Gasteiger partial charge < -0.3 is 9.88 Å². The molecule has 1 N–H and O–H groups in total. The molecule has 2 fully saturated rings. The van der Waals surface area contributed by atoms with Crippen LogP contribution < -0.4 is 5.32 Å². The monoisotopic (exact) mass is 275 g/mol. The van der Waals surface area contributed by atoms with Gasteiger partial charge in [0.2, 0.25) is 5.95 Å². The largest absolute Gasteiger partial charge is 0.353 e. The van der Waals surface area contributed by atoms with Crippen molar-refractivity contribution in [2.75, 3.05) is 5.32 Å². The highest BCUT2D eigenvalue weighted by molar-refractivity contribution is 5.29. The van der Waals surface area contributed by atoms with Crippen LogP contribution in [0.3, 0.4) is 0 Å². The molecule has 1 aromatic rings. The van der Waals surface area contributed by atoms with Crippen molar-refractivity contribution in [1.29, 1.82) is 0 Å². The van der Waals surface area contributed by atoms with E-state index >= 15 is 0 Å². The minimum absolute atomic E-state index is 0.539. The number of anilines is 1. The molecule has 0 bridgehead atoms. The van der Waals surface area contributed by atoms with E-state index in [1.54, 1.807) is 0 Å². The van der Waals surface area contributed by atoms with Crippen molar-refractivity contribution in [3.8, 4) is 0 Å². The van der Waals surface area contributed by atoms with Crippen LogP contribution in [0.5, 0.6) is 0 Å². The van der Waals surface area contributed by atoms with Gasteiger partial charge in [-0.1, -0.05) is 33.1 Å². The van der Waals surface area contributed by atoms with Crippen molar-refractivity contribution in [3.05, 3.63) is 12.4 Å². The second-order valence-electron chi connectivity index (χ2n) is 7.53. The molecule has 2 saturated carbocycles. The standard InChI is InChI=1S/C17H29N3/c1-17(2)10-8-14(9-11-17)19-16-18-12-13-20(16)15-6-4-3-5-7-15/h12-15H,3-11H2,1-2H3,(H,18,19). The summed E-state index contributed by atoms with van der Waals surface area (Å²) in [5.41, 5.74) is 0.539. The summed E-state index contributed by atoms with van der Waals surface area (Å²) in [7, 11) is 0. The number of nitrogens with one attached hydrogen (secondary N) is 1. The molecule has 0 unspecified atom stereocenters. The second kappa shape index (κ2) is 5.79. The van der Waals surface area contributed by atoms with Gasteiger partial charge in [0.25, 0.3) is 0 Å². The van der Waals surface area contributed by atoms with Gasteiger partial charge in [-0.2, -0.15) is 0 Å². The summed E-state index contributed by atoms with van der Waals surface area (Å²) >= 11 is 0. The van der Waals surface area contributed by atoms with E-state index in [0.29, 0.717) is 17.5 Å². The van der Waals surface area contributed by atoms with Gasteiger partial charge in [0.05, 0.1) is 0 Å². The predicted octanol–water partition coefficient (Wildman–Crippen LogP) is 4.77. The SMILES string of the molecule is CC1(C)CCC(Nc2nccn2C2CCCCC2)CC1. The zero-order valence-corrected chi connectivity index (χ0v) is 13.1. The third-order valence-electron chi connectivity index (χ3n) is 5.31. The van der Waals surface area contributed by atoms with Crippen LogP contribution in [0.15, 0.2) is 12.4 Å². The summed E-state index contributed by atoms with van der Waals surface area (Å²) in [6.45, 7) is 4.79. The average molecular weight is 275 g/mol. The predicted molar refractivity (Wildman–Crippen MR) is 84.0 cm³/mol. The third-order valence-corrected chi connectivity index (χ3v) is 5.31. The fourth-order valence-electron chi connectivity index (χ4n) is 3.80.